The molecular formula is C18H15ClN2O3S2. The van der Waals surface area contributed by atoms with Crippen LogP contribution in [-0.2, 0) is 10.0 Å². The summed E-state index contributed by atoms with van der Waals surface area (Å²) < 4.78 is 34.9. The van der Waals surface area contributed by atoms with Gasteiger partial charge in [0.15, 0.2) is 5.84 Å². The summed E-state index contributed by atoms with van der Waals surface area (Å²) in [7, 11) is -2.30. The van der Waals surface area contributed by atoms with Gasteiger partial charge in [-0.2, -0.15) is 8.42 Å². The molecular weight excluding hydrogens is 392 g/mol. The van der Waals surface area contributed by atoms with Crippen LogP contribution in [0.2, 0.25) is 4.34 Å². The number of rotatable bonds is 5. The molecule has 0 unspecified atom stereocenters. The van der Waals surface area contributed by atoms with E-state index in [1.807, 2.05) is 18.2 Å². The number of thiophene rings is 1. The first-order valence-electron chi connectivity index (χ1n) is 7.55. The lowest BCUT2D eigenvalue weighted by atomic mass is 10.2. The summed E-state index contributed by atoms with van der Waals surface area (Å²) in [6.07, 6.45) is 0. The van der Waals surface area contributed by atoms with Crippen LogP contribution in [0.4, 0.5) is 5.69 Å². The number of nitrogens with zero attached hydrogens (tertiary/aromatic N) is 1. The van der Waals surface area contributed by atoms with Crippen molar-refractivity contribution < 1.29 is 13.2 Å². The van der Waals surface area contributed by atoms with Crippen molar-refractivity contribution in [1.29, 1.82) is 0 Å². The smallest absolute Gasteiger partial charge is 0.293 e. The number of methoxy groups -OCH3 is 1. The van der Waals surface area contributed by atoms with Crippen LogP contribution in [0.5, 0.6) is 5.75 Å². The molecule has 0 radical (unpaired) electrons. The average Bonchev–Trinajstić information content (AvgIpc) is 3.10. The zero-order valence-corrected chi connectivity index (χ0v) is 16.1. The number of amidine groups is 1. The summed E-state index contributed by atoms with van der Waals surface area (Å²) >= 11 is 6.83. The van der Waals surface area contributed by atoms with Gasteiger partial charge in [-0.15, -0.1) is 15.7 Å². The molecule has 1 aromatic heterocycles. The number of halogens is 1. The maximum absolute atomic E-state index is 12.6. The Kier molecular flexibility index (Phi) is 5.61. The largest absolute Gasteiger partial charge is 0.497 e. The van der Waals surface area contributed by atoms with E-state index in [-0.39, 0.29) is 10.0 Å². The van der Waals surface area contributed by atoms with Crippen molar-refractivity contribution in [1.82, 2.24) is 0 Å². The quantitative estimate of drug-likeness (QED) is 0.494. The molecule has 1 heterocycles. The van der Waals surface area contributed by atoms with Crippen molar-refractivity contribution in [3.8, 4) is 5.75 Å². The summed E-state index contributed by atoms with van der Waals surface area (Å²) in [5, 5.41) is 3.07. The lowest BCUT2D eigenvalue weighted by Gasteiger charge is -2.11. The topological polar surface area (TPSA) is 67.8 Å². The van der Waals surface area contributed by atoms with E-state index in [1.165, 1.54) is 12.1 Å². The third kappa shape index (κ3) is 4.43. The Bertz CT molecular complexity index is 1010. The Morgan fingerprint density at radius 3 is 2.31 bits per heavy atom. The van der Waals surface area contributed by atoms with Gasteiger partial charge in [0.1, 0.15) is 9.96 Å². The van der Waals surface area contributed by atoms with Crippen LogP contribution < -0.4 is 10.1 Å². The standard InChI is InChI=1S/C18H15ClN2O3S2/c1-24-15-9-7-14(8-10-15)20-18(13-5-3-2-4-6-13)21-26(22,23)17-12-11-16(19)25-17/h2-12H,1H3,(H,20,21). The first-order chi connectivity index (χ1) is 12.5. The summed E-state index contributed by atoms with van der Waals surface area (Å²) in [5.74, 6) is 0.926. The lowest BCUT2D eigenvalue weighted by Crippen LogP contribution is -2.16. The van der Waals surface area contributed by atoms with E-state index >= 15 is 0 Å². The number of anilines is 1. The molecule has 26 heavy (non-hydrogen) atoms. The van der Waals surface area contributed by atoms with E-state index in [0.717, 1.165) is 11.3 Å². The van der Waals surface area contributed by atoms with Crippen LogP contribution in [0, 0.1) is 0 Å². The second-order valence-corrected chi connectivity index (χ2v) is 8.74. The highest BCUT2D eigenvalue weighted by molar-refractivity contribution is 7.92. The molecule has 8 heteroatoms. The van der Waals surface area contributed by atoms with Gasteiger partial charge in [0.05, 0.1) is 11.4 Å². The highest BCUT2D eigenvalue weighted by Gasteiger charge is 2.18. The zero-order chi connectivity index (χ0) is 18.6. The minimum absolute atomic E-state index is 0.0902. The molecule has 134 valence electrons. The van der Waals surface area contributed by atoms with Crippen LogP contribution in [-0.4, -0.2) is 21.4 Å². The maximum atomic E-state index is 12.6. The van der Waals surface area contributed by atoms with Crippen LogP contribution >= 0.6 is 22.9 Å². The molecule has 2 aromatic carbocycles. The molecule has 0 spiro atoms. The van der Waals surface area contributed by atoms with Crippen LogP contribution in [0.25, 0.3) is 0 Å². The van der Waals surface area contributed by atoms with Gasteiger partial charge in [0.25, 0.3) is 10.0 Å². The molecule has 5 nitrogen and oxygen atoms in total. The first-order valence-corrected chi connectivity index (χ1v) is 10.2. The monoisotopic (exact) mass is 406 g/mol. The Morgan fingerprint density at radius 1 is 1.04 bits per heavy atom. The highest BCUT2D eigenvalue weighted by Crippen LogP contribution is 2.27. The van der Waals surface area contributed by atoms with E-state index in [4.69, 9.17) is 16.3 Å². The molecule has 3 rings (SSSR count). The Balaban J connectivity index is 2.00. The molecule has 0 atom stereocenters. The normalized spacial score (nSPS) is 12.0. The molecule has 0 aliphatic rings. The molecule has 1 N–H and O–H groups in total. The summed E-state index contributed by atoms with van der Waals surface area (Å²) in [6.45, 7) is 0. The fraction of sp³-hybridized carbons (Fsp3) is 0.0556. The first kappa shape index (κ1) is 18.4. The number of sulfonamides is 1. The van der Waals surface area contributed by atoms with Crippen LogP contribution in [0.1, 0.15) is 5.56 Å². The Hall–Kier alpha value is -2.35. The Morgan fingerprint density at radius 2 is 1.73 bits per heavy atom. The summed E-state index contributed by atoms with van der Waals surface area (Å²) in [5.41, 5.74) is 1.34. The van der Waals surface area contributed by atoms with Crippen molar-refractivity contribution in [2.24, 2.45) is 4.40 Å². The molecule has 0 saturated heterocycles. The minimum atomic E-state index is -3.88. The molecule has 0 saturated carbocycles. The predicted octanol–water partition coefficient (Wildman–Crippen LogP) is 4.66. The van der Waals surface area contributed by atoms with E-state index < -0.39 is 10.0 Å². The van der Waals surface area contributed by atoms with Crippen molar-refractivity contribution in [2.45, 2.75) is 4.21 Å². The second kappa shape index (κ2) is 7.90. The van der Waals surface area contributed by atoms with Gasteiger partial charge in [-0.3, -0.25) is 0 Å². The van der Waals surface area contributed by atoms with Crippen molar-refractivity contribution in [3.63, 3.8) is 0 Å². The van der Waals surface area contributed by atoms with Gasteiger partial charge in [-0.25, -0.2) is 0 Å². The third-order valence-corrected chi connectivity index (χ3v) is 6.39. The van der Waals surface area contributed by atoms with Crippen LogP contribution in [0.15, 0.2) is 75.3 Å². The SMILES string of the molecule is COc1ccc(NC(=NS(=O)(=O)c2ccc(Cl)s2)c2ccccc2)cc1. The molecule has 0 aliphatic heterocycles. The van der Waals surface area contributed by atoms with E-state index in [9.17, 15) is 8.42 Å². The van der Waals surface area contributed by atoms with Gasteiger partial charge in [-0.1, -0.05) is 41.9 Å². The molecule has 0 bridgehead atoms. The molecule has 0 amide bonds. The average molecular weight is 407 g/mol. The number of ether oxygens (including phenoxy) is 1. The van der Waals surface area contributed by atoms with Gasteiger partial charge in [0.2, 0.25) is 0 Å². The second-order valence-electron chi connectivity index (χ2n) is 5.19. The molecule has 0 aliphatic carbocycles. The van der Waals surface area contributed by atoms with Gasteiger partial charge >= 0.3 is 0 Å². The van der Waals surface area contributed by atoms with Crippen LogP contribution in [0.3, 0.4) is 0 Å². The number of hydrogen-bond acceptors (Lipinski definition) is 4. The van der Waals surface area contributed by atoms with E-state index in [1.54, 1.807) is 43.5 Å². The van der Waals surface area contributed by atoms with Gasteiger partial charge in [-0.05, 0) is 36.4 Å². The van der Waals surface area contributed by atoms with Gasteiger partial charge in [0, 0.05) is 11.3 Å². The maximum Gasteiger partial charge on any atom is 0.293 e. The molecule has 0 fully saturated rings. The lowest BCUT2D eigenvalue weighted by molar-refractivity contribution is 0.415. The van der Waals surface area contributed by atoms with Gasteiger partial charge < -0.3 is 10.1 Å². The fourth-order valence-corrected chi connectivity index (χ4v) is 4.59. The summed E-state index contributed by atoms with van der Waals surface area (Å²) in [4.78, 5) is 0. The zero-order valence-electron chi connectivity index (χ0n) is 13.7. The Labute approximate surface area is 161 Å². The van der Waals surface area contributed by atoms with E-state index in [0.29, 0.717) is 21.3 Å². The number of hydrogen-bond donors (Lipinski definition) is 1. The highest BCUT2D eigenvalue weighted by atomic mass is 35.5. The van der Waals surface area contributed by atoms with Crippen molar-refractivity contribution in [2.75, 3.05) is 12.4 Å². The van der Waals surface area contributed by atoms with Crippen molar-refractivity contribution in [3.05, 3.63) is 76.6 Å². The third-order valence-electron chi connectivity index (χ3n) is 3.41. The van der Waals surface area contributed by atoms with E-state index in [2.05, 4.69) is 9.71 Å². The summed E-state index contributed by atoms with van der Waals surface area (Å²) in [6, 6.07) is 19.1. The number of nitrogens with one attached hydrogen (secondary N) is 1. The molecule has 3 aromatic rings. The minimum Gasteiger partial charge on any atom is -0.497 e. The predicted molar refractivity (Wildman–Crippen MR) is 106 cm³/mol. The number of benzene rings is 2. The fourth-order valence-electron chi connectivity index (χ4n) is 2.16. The van der Waals surface area contributed by atoms with Crippen molar-refractivity contribution >= 4 is 44.5 Å².